The van der Waals surface area contributed by atoms with Crippen molar-refractivity contribution in [2.45, 2.75) is 32.4 Å². The van der Waals surface area contributed by atoms with E-state index in [1.54, 1.807) is 12.4 Å². The summed E-state index contributed by atoms with van der Waals surface area (Å²) in [7, 11) is 0. The zero-order chi connectivity index (χ0) is 22.2. The Morgan fingerprint density at radius 1 is 1.00 bits per heavy atom. The molecule has 0 aliphatic carbocycles. The second-order valence-electron chi connectivity index (χ2n) is 8.51. The van der Waals surface area contributed by atoms with Crippen molar-refractivity contribution in [1.82, 2.24) is 19.7 Å². The van der Waals surface area contributed by atoms with Crippen LogP contribution in [0.2, 0.25) is 0 Å². The van der Waals surface area contributed by atoms with Gasteiger partial charge in [0, 0.05) is 70.2 Å². The Morgan fingerprint density at radius 2 is 1.75 bits per heavy atom. The number of ether oxygens (including phenoxy) is 1. The molecule has 2 aromatic rings. The molecule has 0 unspecified atom stereocenters. The van der Waals surface area contributed by atoms with Crippen LogP contribution < -0.4 is 0 Å². The van der Waals surface area contributed by atoms with E-state index in [2.05, 4.69) is 9.88 Å². The minimum Gasteiger partial charge on any atom is -0.379 e. The molecule has 1 aromatic heterocycles. The van der Waals surface area contributed by atoms with Crippen LogP contribution in [0.5, 0.6) is 0 Å². The van der Waals surface area contributed by atoms with Gasteiger partial charge in [-0.25, -0.2) is 0 Å². The highest BCUT2D eigenvalue weighted by Crippen LogP contribution is 2.16. The van der Waals surface area contributed by atoms with E-state index in [9.17, 15) is 9.59 Å². The SMILES string of the molecule is O=C1CCCN1Cc1ccc(C(=O)N(CCCN2CCOCC2)Cc2ccncc2)cc1. The average Bonchev–Trinajstić information content (AvgIpc) is 3.24. The summed E-state index contributed by atoms with van der Waals surface area (Å²) in [6.07, 6.45) is 6.03. The van der Waals surface area contributed by atoms with E-state index in [0.717, 1.165) is 63.4 Å². The third-order valence-corrected chi connectivity index (χ3v) is 6.16. The normalized spacial score (nSPS) is 17.0. The first kappa shape index (κ1) is 22.4. The summed E-state index contributed by atoms with van der Waals surface area (Å²) < 4.78 is 5.43. The first-order chi connectivity index (χ1) is 15.7. The van der Waals surface area contributed by atoms with Crippen molar-refractivity contribution < 1.29 is 14.3 Å². The van der Waals surface area contributed by atoms with Gasteiger partial charge in [0.15, 0.2) is 0 Å². The first-order valence-corrected chi connectivity index (χ1v) is 11.5. The number of rotatable bonds is 9. The van der Waals surface area contributed by atoms with Gasteiger partial charge in [0.1, 0.15) is 0 Å². The molecule has 0 bridgehead atoms. The van der Waals surface area contributed by atoms with Gasteiger partial charge in [0.25, 0.3) is 5.91 Å². The fraction of sp³-hybridized carbons (Fsp3) is 0.480. The number of carbonyl (C=O) groups excluding carboxylic acids is 2. The molecule has 1 aromatic carbocycles. The average molecular weight is 437 g/mol. The Hall–Kier alpha value is -2.77. The van der Waals surface area contributed by atoms with E-state index in [1.165, 1.54) is 0 Å². The number of hydrogen-bond donors (Lipinski definition) is 0. The second kappa shape index (κ2) is 11.2. The predicted molar refractivity (Wildman–Crippen MR) is 122 cm³/mol. The molecule has 2 fully saturated rings. The molecule has 2 saturated heterocycles. The highest BCUT2D eigenvalue weighted by molar-refractivity contribution is 5.94. The van der Waals surface area contributed by atoms with Gasteiger partial charge < -0.3 is 14.5 Å². The molecule has 0 spiro atoms. The molecular formula is C25H32N4O3. The van der Waals surface area contributed by atoms with E-state index in [1.807, 2.05) is 46.2 Å². The molecule has 7 nitrogen and oxygen atoms in total. The summed E-state index contributed by atoms with van der Waals surface area (Å²) in [4.78, 5) is 35.5. The number of carbonyl (C=O) groups is 2. The number of amides is 2. The van der Waals surface area contributed by atoms with Crippen LogP contribution in [0.3, 0.4) is 0 Å². The van der Waals surface area contributed by atoms with Crippen molar-refractivity contribution in [3.63, 3.8) is 0 Å². The Kier molecular flexibility index (Phi) is 7.85. The second-order valence-corrected chi connectivity index (χ2v) is 8.51. The van der Waals surface area contributed by atoms with Crippen LogP contribution in [-0.4, -0.2) is 77.4 Å². The number of likely N-dealkylation sites (tertiary alicyclic amines) is 1. The van der Waals surface area contributed by atoms with Gasteiger partial charge in [-0.05, 0) is 48.2 Å². The third kappa shape index (κ3) is 6.14. The smallest absolute Gasteiger partial charge is 0.254 e. The van der Waals surface area contributed by atoms with E-state index in [-0.39, 0.29) is 11.8 Å². The van der Waals surface area contributed by atoms with E-state index in [0.29, 0.717) is 31.6 Å². The Morgan fingerprint density at radius 3 is 2.44 bits per heavy atom. The van der Waals surface area contributed by atoms with Crippen molar-refractivity contribution in [2.75, 3.05) is 45.9 Å². The van der Waals surface area contributed by atoms with Crippen molar-refractivity contribution in [2.24, 2.45) is 0 Å². The Bertz CT molecular complexity index is 882. The summed E-state index contributed by atoms with van der Waals surface area (Å²) in [6, 6.07) is 11.6. The van der Waals surface area contributed by atoms with Crippen molar-refractivity contribution in [3.05, 3.63) is 65.5 Å². The van der Waals surface area contributed by atoms with Gasteiger partial charge in [0.05, 0.1) is 13.2 Å². The molecule has 0 N–H and O–H groups in total. The molecule has 2 aliphatic heterocycles. The summed E-state index contributed by atoms with van der Waals surface area (Å²) in [5.41, 5.74) is 2.82. The Balaban J connectivity index is 1.39. The zero-order valence-electron chi connectivity index (χ0n) is 18.6. The van der Waals surface area contributed by atoms with Crippen LogP contribution in [0.15, 0.2) is 48.8 Å². The molecule has 7 heteroatoms. The molecule has 170 valence electrons. The van der Waals surface area contributed by atoms with Gasteiger partial charge in [-0.1, -0.05) is 12.1 Å². The van der Waals surface area contributed by atoms with E-state index < -0.39 is 0 Å². The van der Waals surface area contributed by atoms with Gasteiger partial charge in [-0.2, -0.15) is 0 Å². The van der Waals surface area contributed by atoms with Crippen molar-refractivity contribution in [3.8, 4) is 0 Å². The van der Waals surface area contributed by atoms with Crippen molar-refractivity contribution >= 4 is 11.8 Å². The standard InChI is InChI=1S/C25H32N4O3/c30-24-3-1-13-28(24)19-21-4-6-23(7-5-21)25(31)29(20-22-8-10-26-11-9-22)14-2-12-27-15-17-32-18-16-27/h4-11H,1-3,12-20H2. The largest absolute Gasteiger partial charge is 0.379 e. The minimum atomic E-state index is 0.0348. The molecular weight excluding hydrogens is 404 g/mol. The number of pyridine rings is 1. The predicted octanol–water partition coefficient (Wildman–Crippen LogP) is 2.57. The van der Waals surface area contributed by atoms with E-state index in [4.69, 9.17) is 4.74 Å². The maximum Gasteiger partial charge on any atom is 0.254 e. The lowest BCUT2D eigenvalue weighted by Gasteiger charge is -2.28. The summed E-state index contributed by atoms with van der Waals surface area (Å²) in [6.45, 7) is 7.15. The summed E-state index contributed by atoms with van der Waals surface area (Å²) >= 11 is 0. The van der Waals surface area contributed by atoms with Crippen molar-refractivity contribution in [1.29, 1.82) is 0 Å². The molecule has 3 heterocycles. The zero-order valence-corrected chi connectivity index (χ0v) is 18.6. The molecule has 32 heavy (non-hydrogen) atoms. The van der Waals surface area contributed by atoms with Crippen LogP contribution in [0.1, 0.15) is 40.7 Å². The molecule has 0 saturated carbocycles. The molecule has 2 aliphatic rings. The lowest BCUT2D eigenvalue weighted by atomic mass is 10.1. The minimum absolute atomic E-state index is 0.0348. The monoisotopic (exact) mass is 436 g/mol. The van der Waals surface area contributed by atoms with Crippen LogP contribution in [0.4, 0.5) is 0 Å². The first-order valence-electron chi connectivity index (χ1n) is 11.5. The maximum atomic E-state index is 13.4. The summed E-state index contributed by atoms with van der Waals surface area (Å²) in [5, 5.41) is 0. The van der Waals surface area contributed by atoms with Crippen LogP contribution in [-0.2, 0) is 22.6 Å². The number of benzene rings is 1. The van der Waals surface area contributed by atoms with E-state index >= 15 is 0 Å². The van der Waals surface area contributed by atoms with Gasteiger partial charge in [-0.15, -0.1) is 0 Å². The highest BCUT2D eigenvalue weighted by atomic mass is 16.5. The third-order valence-electron chi connectivity index (χ3n) is 6.16. The maximum absolute atomic E-state index is 13.4. The molecule has 0 atom stereocenters. The fourth-order valence-electron chi connectivity index (χ4n) is 4.30. The number of morpholine rings is 1. The lowest BCUT2D eigenvalue weighted by Crippen LogP contribution is -2.39. The molecule has 4 rings (SSSR count). The molecule has 2 amide bonds. The number of aromatic nitrogens is 1. The lowest BCUT2D eigenvalue weighted by molar-refractivity contribution is -0.128. The fourth-order valence-corrected chi connectivity index (χ4v) is 4.30. The number of hydrogen-bond acceptors (Lipinski definition) is 5. The highest BCUT2D eigenvalue weighted by Gasteiger charge is 2.21. The van der Waals surface area contributed by atoms with Crippen LogP contribution >= 0.6 is 0 Å². The Labute approximate surface area is 190 Å². The van der Waals surface area contributed by atoms with Crippen LogP contribution in [0.25, 0.3) is 0 Å². The van der Waals surface area contributed by atoms with Gasteiger partial charge >= 0.3 is 0 Å². The number of nitrogens with zero attached hydrogens (tertiary/aromatic N) is 4. The summed E-state index contributed by atoms with van der Waals surface area (Å²) in [5.74, 6) is 0.251. The molecule has 0 radical (unpaired) electrons. The van der Waals surface area contributed by atoms with Crippen LogP contribution in [0, 0.1) is 0 Å². The topological polar surface area (TPSA) is 66.0 Å². The van der Waals surface area contributed by atoms with Gasteiger partial charge in [0.2, 0.25) is 5.91 Å². The quantitative estimate of drug-likeness (QED) is 0.605. The van der Waals surface area contributed by atoms with Gasteiger partial charge in [-0.3, -0.25) is 19.5 Å².